The Kier molecular flexibility index (Phi) is 4.52. The van der Waals surface area contributed by atoms with Crippen molar-refractivity contribution in [3.05, 3.63) is 21.5 Å². The van der Waals surface area contributed by atoms with Gasteiger partial charge in [0.15, 0.2) is 0 Å². The minimum atomic E-state index is -3.06. The smallest absolute Gasteiger partial charge is 0.319 e. The summed E-state index contributed by atoms with van der Waals surface area (Å²) in [5, 5.41) is 16.7. The lowest BCUT2D eigenvalue weighted by Gasteiger charge is -2.08. The SMILES string of the molecule is Cc1c([N+](=O)[O-])c(C(F)F)nn1CC(=O)NC(C)C. The van der Waals surface area contributed by atoms with Gasteiger partial charge in [-0.2, -0.15) is 5.10 Å². The molecular weight excluding hydrogens is 262 g/mol. The number of hydrogen-bond acceptors (Lipinski definition) is 4. The van der Waals surface area contributed by atoms with Gasteiger partial charge in [0, 0.05) is 6.04 Å². The zero-order valence-corrected chi connectivity index (χ0v) is 10.7. The molecule has 0 radical (unpaired) electrons. The molecular formula is C10H14F2N4O3. The van der Waals surface area contributed by atoms with Gasteiger partial charge >= 0.3 is 5.69 Å². The van der Waals surface area contributed by atoms with E-state index in [0.29, 0.717) is 0 Å². The van der Waals surface area contributed by atoms with Crippen molar-refractivity contribution in [2.75, 3.05) is 0 Å². The van der Waals surface area contributed by atoms with E-state index in [1.807, 2.05) is 0 Å². The summed E-state index contributed by atoms with van der Waals surface area (Å²) in [6.45, 7) is 4.42. The summed E-state index contributed by atoms with van der Waals surface area (Å²) in [6, 6.07) is -0.118. The molecule has 0 aliphatic rings. The van der Waals surface area contributed by atoms with Crippen LogP contribution in [0.4, 0.5) is 14.5 Å². The van der Waals surface area contributed by atoms with Crippen LogP contribution in [0.25, 0.3) is 0 Å². The van der Waals surface area contributed by atoms with Crippen LogP contribution in [0.3, 0.4) is 0 Å². The van der Waals surface area contributed by atoms with Gasteiger partial charge in [-0.3, -0.25) is 19.6 Å². The quantitative estimate of drug-likeness (QED) is 0.652. The van der Waals surface area contributed by atoms with Gasteiger partial charge in [0.25, 0.3) is 6.43 Å². The van der Waals surface area contributed by atoms with E-state index >= 15 is 0 Å². The predicted molar refractivity (Wildman–Crippen MR) is 61.9 cm³/mol. The molecule has 0 atom stereocenters. The van der Waals surface area contributed by atoms with Crippen molar-refractivity contribution < 1.29 is 18.5 Å². The predicted octanol–water partition coefficient (Wildman–Crippen LogP) is 1.56. The van der Waals surface area contributed by atoms with E-state index < -0.39 is 28.6 Å². The number of rotatable bonds is 5. The molecule has 1 rings (SSSR count). The standard InChI is InChI=1S/C10H14F2N4O3/c1-5(2)13-7(17)4-15-6(3)9(16(18)19)8(14-15)10(11)12/h5,10H,4H2,1-3H3,(H,13,17). The van der Waals surface area contributed by atoms with E-state index in [2.05, 4.69) is 10.4 Å². The Labute approximate surface area is 107 Å². The molecule has 0 unspecified atom stereocenters. The molecule has 0 fully saturated rings. The second-order valence-electron chi connectivity index (χ2n) is 4.26. The first-order valence-corrected chi connectivity index (χ1v) is 5.53. The minimum absolute atomic E-state index is 0.0702. The first kappa shape index (κ1) is 15.0. The van der Waals surface area contributed by atoms with Crippen LogP contribution in [0.5, 0.6) is 0 Å². The Morgan fingerprint density at radius 2 is 2.11 bits per heavy atom. The first-order valence-electron chi connectivity index (χ1n) is 5.53. The fourth-order valence-electron chi connectivity index (χ4n) is 1.59. The van der Waals surface area contributed by atoms with Crippen LogP contribution in [0.2, 0.25) is 0 Å². The van der Waals surface area contributed by atoms with Gasteiger partial charge < -0.3 is 5.32 Å². The van der Waals surface area contributed by atoms with Crippen LogP contribution in [-0.4, -0.2) is 26.7 Å². The average Bonchev–Trinajstić information content (AvgIpc) is 2.55. The highest BCUT2D eigenvalue weighted by Crippen LogP contribution is 2.30. The first-order chi connectivity index (χ1) is 8.73. The summed E-state index contributed by atoms with van der Waals surface area (Å²) in [6.07, 6.45) is -3.06. The van der Waals surface area contributed by atoms with Gasteiger partial charge in [0.1, 0.15) is 12.2 Å². The number of alkyl halides is 2. The van der Waals surface area contributed by atoms with Crippen molar-refractivity contribution in [3.8, 4) is 0 Å². The lowest BCUT2D eigenvalue weighted by molar-refractivity contribution is -0.386. The van der Waals surface area contributed by atoms with Crippen molar-refractivity contribution in [1.82, 2.24) is 15.1 Å². The monoisotopic (exact) mass is 276 g/mol. The molecule has 1 aromatic rings. The summed E-state index contributed by atoms with van der Waals surface area (Å²) in [5.74, 6) is -0.448. The zero-order chi connectivity index (χ0) is 14.7. The van der Waals surface area contributed by atoms with Crippen LogP contribution in [0, 0.1) is 17.0 Å². The van der Waals surface area contributed by atoms with Crippen LogP contribution in [0.15, 0.2) is 0 Å². The second-order valence-corrected chi connectivity index (χ2v) is 4.26. The number of carbonyl (C=O) groups excluding carboxylic acids is 1. The van der Waals surface area contributed by atoms with E-state index in [1.165, 1.54) is 6.92 Å². The molecule has 1 N–H and O–H groups in total. The summed E-state index contributed by atoms with van der Waals surface area (Å²) < 4.78 is 26.2. The maximum absolute atomic E-state index is 12.6. The lowest BCUT2D eigenvalue weighted by atomic mass is 10.3. The third-order valence-corrected chi connectivity index (χ3v) is 2.33. The number of nitrogens with one attached hydrogen (secondary N) is 1. The molecule has 0 saturated heterocycles. The van der Waals surface area contributed by atoms with Gasteiger partial charge in [0.05, 0.1) is 4.92 Å². The van der Waals surface area contributed by atoms with Gasteiger partial charge in [-0.25, -0.2) is 8.78 Å². The second kappa shape index (κ2) is 5.72. The third-order valence-electron chi connectivity index (χ3n) is 2.33. The lowest BCUT2D eigenvalue weighted by Crippen LogP contribution is -2.33. The summed E-state index contributed by atoms with van der Waals surface area (Å²) in [4.78, 5) is 21.3. The molecule has 0 aliphatic carbocycles. The Morgan fingerprint density at radius 1 is 1.53 bits per heavy atom. The number of amides is 1. The Balaban J connectivity index is 3.06. The van der Waals surface area contributed by atoms with Crippen molar-refractivity contribution in [2.45, 2.75) is 39.8 Å². The molecule has 0 aromatic carbocycles. The highest BCUT2D eigenvalue weighted by atomic mass is 19.3. The zero-order valence-electron chi connectivity index (χ0n) is 10.7. The number of carbonyl (C=O) groups is 1. The summed E-state index contributed by atoms with van der Waals surface area (Å²) in [5.41, 5.74) is -1.73. The summed E-state index contributed by atoms with van der Waals surface area (Å²) >= 11 is 0. The van der Waals surface area contributed by atoms with Crippen molar-refractivity contribution >= 4 is 11.6 Å². The van der Waals surface area contributed by atoms with Gasteiger partial charge in [-0.1, -0.05) is 0 Å². The van der Waals surface area contributed by atoms with E-state index in [4.69, 9.17) is 0 Å². The van der Waals surface area contributed by atoms with Crippen LogP contribution < -0.4 is 5.32 Å². The highest BCUT2D eigenvalue weighted by molar-refractivity contribution is 5.76. The van der Waals surface area contributed by atoms with E-state index in [9.17, 15) is 23.7 Å². The van der Waals surface area contributed by atoms with Crippen molar-refractivity contribution in [1.29, 1.82) is 0 Å². The van der Waals surface area contributed by atoms with E-state index in [1.54, 1.807) is 13.8 Å². The van der Waals surface area contributed by atoms with E-state index in [0.717, 1.165) is 4.68 Å². The van der Waals surface area contributed by atoms with Gasteiger partial charge in [-0.05, 0) is 20.8 Å². The number of aromatic nitrogens is 2. The topological polar surface area (TPSA) is 90.1 Å². The molecule has 0 bridgehead atoms. The number of nitrogens with zero attached hydrogens (tertiary/aromatic N) is 3. The molecule has 9 heteroatoms. The Hall–Kier alpha value is -2.06. The number of nitro groups is 1. The summed E-state index contributed by atoms with van der Waals surface area (Å²) in [7, 11) is 0. The van der Waals surface area contributed by atoms with Crippen molar-refractivity contribution in [3.63, 3.8) is 0 Å². The normalized spacial score (nSPS) is 11.1. The minimum Gasteiger partial charge on any atom is -0.352 e. The maximum Gasteiger partial charge on any atom is 0.319 e. The molecule has 1 heterocycles. The average molecular weight is 276 g/mol. The molecule has 1 amide bonds. The molecule has 0 spiro atoms. The van der Waals surface area contributed by atoms with Crippen molar-refractivity contribution in [2.24, 2.45) is 0 Å². The Morgan fingerprint density at radius 3 is 2.47 bits per heavy atom. The highest BCUT2D eigenvalue weighted by Gasteiger charge is 2.31. The fraction of sp³-hybridized carbons (Fsp3) is 0.600. The fourth-order valence-corrected chi connectivity index (χ4v) is 1.59. The Bertz CT molecular complexity index is 499. The van der Waals surface area contributed by atoms with Crippen LogP contribution in [0.1, 0.15) is 31.7 Å². The molecule has 0 saturated carbocycles. The van der Waals surface area contributed by atoms with Crippen LogP contribution in [-0.2, 0) is 11.3 Å². The third kappa shape index (κ3) is 3.46. The van der Waals surface area contributed by atoms with E-state index in [-0.39, 0.29) is 18.3 Å². The molecule has 106 valence electrons. The largest absolute Gasteiger partial charge is 0.352 e. The number of halogens is 2. The maximum atomic E-state index is 12.6. The molecule has 0 aliphatic heterocycles. The van der Waals surface area contributed by atoms with Gasteiger partial charge in [0.2, 0.25) is 11.6 Å². The molecule has 7 nitrogen and oxygen atoms in total. The van der Waals surface area contributed by atoms with Gasteiger partial charge in [-0.15, -0.1) is 0 Å². The van der Waals surface area contributed by atoms with Crippen LogP contribution >= 0.6 is 0 Å². The number of hydrogen-bond donors (Lipinski definition) is 1. The molecule has 1 aromatic heterocycles. The molecule has 19 heavy (non-hydrogen) atoms.